The molecule has 0 radical (unpaired) electrons. The van der Waals surface area contributed by atoms with E-state index in [0.717, 1.165) is 34.3 Å². The van der Waals surface area contributed by atoms with Gasteiger partial charge in [0.05, 0.1) is 11.0 Å². The third-order valence-corrected chi connectivity index (χ3v) is 3.64. The molecule has 19 heavy (non-hydrogen) atoms. The Morgan fingerprint density at radius 3 is 2.58 bits per heavy atom. The molecule has 0 bridgehead atoms. The summed E-state index contributed by atoms with van der Waals surface area (Å²) in [4.78, 5) is 0. The Labute approximate surface area is 120 Å². The Balaban J connectivity index is 1.67. The smallest absolute Gasteiger partial charge is 0.148 e. The Hall–Kier alpha value is -1.58. The number of nitrogens with one attached hydrogen (secondary N) is 1. The molecule has 0 saturated heterocycles. The van der Waals surface area contributed by atoms with E-state index in [0.29, 0.717) is 0 Å². The summed E-state index contributed by atoms with van der Waals surface area (Å²) < 4.78 is 6.83. The molecule has 3 heteroatoms. The van der Waals surface area contributed by atoms with Crippen molar-refractivity contribution in [1.82, 2.24) is 5.32 Å². The van der Waals surface area contributed by atoms with Gasteiger partial charge in [0.2, 0.25) is 0 Å². The zero-order valence-electron chi connectivity index (χ0n) is 10.4. The van der Waals surface area contributed by atoms with E-state index >= 15 is 0 Å². The molecule has 0 amide bonds. The summed E-state index contributed by atoms with van der Waals surface area (Å²) in [5.41, 5.74) is 2.19. The quantitative estimate of drug-likeness (QED) is 0.767. The fraction of sp³-hybridized carbons (Fsp3) is 0.125. The number of fused-ring (bicyclic) bond motifs is 1. The van der Waals surface area contributed by atoms with E-state index in [2.05, 4.69) is 57.6 Å². The first kappa shape index (κ1) is 12.5. The van der Waals surface area contributed by atoms with Crippen LogP contribution < -0.4 is 5.32 Å². The van der Waals surface area contributed by atoms with Gasteiger partial charge in [0.1, 0.15) is 11.3 Å². The van der Waals surface area contributed by atoms with Crippen molar-refractivity contribution in [2.24, 2.45) is 0 Å². The van der Waals surface area contributed by atoms with Gasteiger partial charge in [0.25, 0.3) is 0 Å². The maximum absolute atomic E-state index is 5.83. The highest BCUT2D eigenvalue weighted by molar-refractivity contribution is 9.10. The summed E-state index contributed by atoms with van der Waals surface area (Å²) in [6.45, 7) is 1.58. The fourth-order valence-electron chi connectivity index (χ4n) is 2.09. The van der Waals surface area contributed by atoms with Crippen LogP contribution in [0.3, 0.4) is 0 Å². The summed E-state index contributed by atoms with van der Waals surface area (Å²) in [5, 5.41) is 4.52. The van der Waals surface area contributed by atoms with Crippen molar-refractivity contribution in [1.29, 1.82) is 0 Å². The average molecular weight is 316 g/mol. The van der Waals surface area contributed by atoms with Gasteiger partial charge < -0.3 is 9.73 Å². The van der Waals surface area contributed by atoms with Gasteiger partial charge in [-0.2, -0.15) is 0 Å². The molecule has 2 nitrogen and oxygen atoms in total. The molecule has 3 rings (SSSR count). The second-order valence-corrected chi connectivity index (χ2v) is 5.31. The van der Waals surface area contributed by atoms with Crippen molar-refractivity contribution >= 4 is 26.9 Å². The molecule has 0 spiro atoms. The van der Waals surface area contributed by atoms with Crippen molar-refractivity contribution in [3.05, 3.63) is 70.4 Å². The van der Waals surface area contributed by atoms with Gasteiger partial charge in [-0.1, -0.05) is 42.5 Å². The predicted molar refractivity (Wildman–Crippen MR) is 80.9 cm³/mol. The minimum atomic E-state index is 0.732. The van der Waals surface area contributed by atoms with E-state index in [4.69, 9.17) is 4.42 Å². The SMILES string of the molecule is Brc1cccc2cc(CNCc3ccccc3)oc12. The molecule has 0 aliphatic carbocycles. The van der Waals surface area contributed by atoms with Gasteiger partial charge in [-0.3, -0.25) is 0 Å². The van der Waals surface area contributed by atoms with Crippen LogP contribution >= 0.6 is 15.9 Å². The summed E-state index contributed by atoms with van der Waals surface area (Å²) in [6.07, 6.45) is 0. The summed E-state index contributed by atoms with van der Waals surface area (Å²) >= 11 is 3.50. The lowest BCUT2D eigenvalue weighted by Gasteiger charge is -2.02. The van der Waals surface area contributed by atoms with E-state index in [-0.39, 0.29) is 0 Å². The lowest BCUT2D eigenvalue weighted by atomic mass is 10.2. The first-order chi connectivity index (χ1) is 9.33. The molecule has 1 aromatic heterocycles. The first-order valence-electron chi connectivity index (χ1n) is 6.24. The highest BCUT2D eigenvalue weighted by Gasteiger charge is 2.05. The second kappa shape index (κ2) is 5.59. The van der Waals surface area contributed by atoms with Crippen LogP contribution in [0.1, 0.15) is 11.3 Å². The van der Waals surface area contributed by atoms with Crippen molar-refractivity contribution in [2.45, 2.75) is 13.1 Å². The molecule has 0 atom stereocenters. The highest BCUT2D eigenvalue weighted by Crippen LogP contribution is 2.26. The predicted octanol–water partition coefficient (Wildman–Crippen LogP) is 4.49. The maximum atomic E-state index is 5.83. The summed E-state index contributed by atoms with van der Waals surface area (Å²) in [6, 6.07) is 18.5. The topological polar surface area (TPSA) is 25.2 Å². The standard InChI is InChI=1S/C16H14BrNO/c17-15-8-4-7-13-9-14(19-16(13)15)11-18-10-12-5-2-1-3-6-12/h1-9,18H,10-11H2. The second-order valence-electron chi connectivity index (χ2n) is 4.46. The van der Waals surface area contributed by atoms with Crippen LogP contribution in [0.2, 0.25) is 0 Å². The third kappa shape index (κ3) is 2.88. The molecule has 1 heterocycles. The number of furan rings is 1. The van der Waals surface area contributed by atoms with Gasteiger partial charge in [-0.25, -0.2) is 0 Å². The molecule has 0 aliphatic rings. The molecular formula is C16H14BrNO. The van der Waals surface area contributed by atoms with E-state index < -0.39 is 0 Å². The lowest BCUT2D eigenvalue weighted by molar-refractivity contribution is 0.513. The van der Waals surface area contributed by atoms with Gasteiger partial charge in [0.15, 0.2) is 0 Å². The number of para-hydroxylation sites is 1. The van der Waals surface area contributed by atoms with Crippen LogP contribution in [0.5, 0.6) is 0 Å². The van der Waals surface area contributed by atoms with Crippen molar-refractivity contribution in [3.8, 4) is 0 Å². The highest BCUT2D eigenvalue weighted by atomic mass is 79.9. The van der Waals surface area contributed by atoms with Crippen LogP contribution in [-0.4, -0.2) is 0 Å². The Morgan fingerprint density at radius 2 is 1.79 bits per heavy atom. The number of benzene rings is 2. The lowest BCUT2D eigenvalue weighted by Crippen LogP contribution is -2.11. The summed E-state index contributed by atoms with van der Waals surface area (Å²) in [7, 11) is 0. The number of rotatable bonds is 4. The molecule has 0 fully saturated rings. The summed E-state index contributed by atoms with van der Waals surface area (Å²) in [5.74, 6) is 0.956. The monoisotopic (exact) mass is 315 g/mol. The first-order valence-corrected chi connectivity index (χ1v) is 7.04. The maximum Gasteiger partial charge on any atom is 0.148 e. The Bertz CT molecular complexity index is 676. The van der Waals surface area contributed by atoms with Crippen molar-refractivity contribution in [2.75, 3.05) is 0 Å². The molecule has 96 valence electrons. The normalized spacial score (nSPS) is 11.0. The molecule has 2 aromatic carbocycles. The van der Waals surface area contributed by atoms with E-state index in [9.17, 15) is 0 Å². The fourth-order valence-corrected chi connectivity index (χ4v) is 2.56. The molecule has 0 unspecified atom stereocenters. The van der Waals surface area contributed by atoms with Crippen molar-refractivity contribution < 1.29 is 4.42 Å². The minimum Gasteiger partial charge on any atom is -0.459 e. The average Bonchev–Trinajstić information content (AvgIpc) is 2.84. The van der Waals surface area contributed by atoms with Crippen LogP contribution in [-0.2, 0) is 13.1 Å². The third-order valence-electron chi connectivity index (χ3n) is 3.02. The van der Waals surface area contributed by atoms with Crippen LogP contribution in [0, 0.1) is 0 Å². The van der Waals surface area contributed by atoms with Crippen LogP contribution in [0.4, 0.5) is 0 Å². The molecule has 0 saturated carbocycles. The number of hydrogen-bond donors (Lipinski definition) is 1. The van der Waals surface area contributed by atoms with E-state index in [1.54, 1.807) is 0 Å². The van der Waals surface area contributed by atoms with Gasteiger partial charge in [-0.05, 0) is 33.6 Å². The van der Waals surface area contributed by atoms with E-state index in [1.165, 1.54) is 5.56 Å². The van der Waals surface area contributed by atoms with Crippen LogP contribution in [0.25, 0.3) is 11.0 Å². The number of hydrogen-bond acceptors (Lipinski definition) is 2. The van der Waals surface area contributed by atoms with E-state index in [1.807, 2.05) is 18.2 Å². The minimum absolute atomic E-state index is 0.732. The molecular weight excluding hydrogens is 302 g/mol. The van der Waals surface area contributed by atoms with Gasteiger partial charge in [-0.15, -0.1) is 0 Å². The van der Waals surface area contributed by atoms with Gasteiger partial charge >= 0.3 is 0 Å². The Kier molecular flexibility index (Phi) is 3.67. The van der Waals surface area contributed by atoms with Gasteiger partial charge in [0, 0.05) is 11.9 Å². The largest absolute Gasteiger partial charge is 0.459 e. The molecule has 0 aliphatic heterocycles. The molecule has 1 N–H and O–H groups in total. The number of halogens is 1. The Morgan fingerprint density at radius 1 is 0.947 bits per heavy atom. The van der Waals surface area contributed by atoms with Crippen molar-refractivity contribution in [3.63, 3.8) is 0 Å². The molecule has 3 aromatic rings. The van der Waals surface area contributed by atoms with Crippen LogP contribution in [0.15, 0.2) is 63.5 Å². The zero-order chi connectivity index (χ0) is 13.1. The zero-order valence-corrected chi connectivity index (χ0v) is 12.0.